The van der Waals surface area contributed by atoms with Crippen LogP contribution in [0.15, 0.2) is 24.3 Å². The summed E-state index contributed by atoms with van der Waals surface area (Å²) in [4.78, 5) is 27.1. The zero-order chi connectivity index (χ0) is 23.8. The molecule has 9 nitrogen and oxygen atoms in total. The highest BCUT2D eigenvalue weighted by atomic mass is 32.1. The second-order valence-electron chi connectivity index (χ2n) is 7.49. The number of anilines is 1. The summed E-state index contributed by atoms with van der Waals surface area (Å²) in [5.41, 5.74) is 2.21. The molecule has 1 unspecified atom stereocenters. The monoisotopic (exact) mass is 473 g/mol. The predicted octanol–water partition coefficient (Wildman–Crippen LogP) is 2.44. The third-order valence-corrected chi connectivity index (χ3v) is 6.32. The van der Waals surface area contributed by atoms with Crippen molar-refractivity contribution in [3.05, 3.63) is 45.8 Å². The summed E-state index contributed by atoms with van der Waals surface area (Å²) in [7, 11) is 0. The molecule has 3 rings (SSSR count). The fourth-order valence-electron chi connectivity index (χ4n) is 3.52. The van der Waals surface area contributed by atoms with Crippen LogP contribution in [-0.2, 0) is 28.9 Å². The lowest BCUT2D eigenvalue weighted by Crippen LogP contribution is -2.37. The molecule has 1 aliphatic rings. The van der Waals surface area contributed by atoms with Crippen molar-refractivity contribution >= 4 is 28.3 Å². The summed E-state index contributed by atoms with van der Waals surface area (Å²) in [6, 6.07) is 9.77. The Morgan fingerprint density at radius 1 is 1.36 bits per heavy atom. The van der Waals surface area contributed by atoms with Crippen molar-refractivity contribution in [2.45, 2.75) is 38.8 Å². The molecule has 1 aromatic carbocycles. The van der Waals surface area contributed by atoms with Crippen molar-refractivity contribution < 1.29 is 29.3 Å². The first-order chi connectivity index (χ1) is 16.0. The van der Waals surface area contributed by atoms with Crippen LogP contribution in [0.3, 0.4) is 0 Å². The number of thiophene rings is 1. The van der Waals surface area contributed by atoms with Crippen LogP contribution in [0.1, 0.15) is 34.9 Å². The number of nitrogens with zero attached hydrogens (tertiary/aromatic N) is 2. The van der Waals surface area contributed by atoms with Gasteiger partial charge in [-0.1, -0.05) is 18.2 Å². The van der Waals surface area contributed by atoms with E-state index in [0.717, 1.165) is 21.8 Å². The molecule has 2 aromatic rings. The van der Waals surface area contributed by atoms with Gasteiger partial charge in [0.2, 0.25) is 5.91 Å². The number of aryl methyl sites for hydroxylation is 1. The molecule has 0 saturated heterocycles. The Bertz CT molecular complexity index is 1030. The maximum Gasteiger partial charge on any atom is 0.410 e. The molecule has 2 heterocycles. The number of aliphatic hydroxyl groups is 2. The maximum atomic E-state index is 12.6. The quantitative estimate of drug-likeness (QED) is 0.510. The van der Waals surface area contributed by atoms with Gasteiger partial charge < -0.3 is 29.9 Å². The summed E-state index contributed by atoms with van der Waals surface area (Å²) < 4.78 is 10.6. The summed E-state index contributed by atoms with van der Waals surface area (Å²) >= 11 is 1.28. The SMILES string of the molecule is CCOc1ccccc1CCC(=O)Nc1sc2c(c1C#N)CCN(C(=O)OCC(O)CO)C2. The van der Waals surface area contributed by atoms with Gasteiger partial charge in [0, 0.05) is 17.8 Å². The zero-order valence-corrected chi connectivity index (χ0v) is 19.2. The van der Waals surface area contributed by atoms with Gasteiger partial charge in [-0.15, -0.1) is 11.3 Å². The zero-order valence-electron chi connectivity index (χ0n) is 18.4. The van der Waals surface area contributed by atoms with E-state index in [1.54, 1.807) is 0 Å². The molecule has 0 spiro atoms. The molecule has 1 atom stereocenters. The Balaban J connectivity index is 1.63. The van der Waals surface area contributed by atoms with E-state index in [-0.39, 0.29) is 25.5 Å². The van der Waals surface area contributed by atoms with Gasteiger partial charge in [-0.2, -0.15) is 5.26 Å². The molecule has 2 amide bonds. The molecule has 0 fully saturated rings. The van der Waals surface area contributed by atoms with Crippen molar-refractivity contribution in [2.75, 3.05) is 31.7 Å². The fraction of sp³-hybridized carbons (Fsp3) is 0.435. The summed E-state index contributed by atoms with van der Waals surface area (Å²) in [5.74, 6) is 0.557. The normalized spacial score (nSPS) is 13.6. The molecule has 1 aromatic heterocycles. The molecule has 1 aliphatic heterocycles. The maximum absolute atomic E-state index is 12.6. The van der Waals surface area contributed by atoms with Gasteiger partial charge in [-0.25, -0.2) is 4.79 Å². The van der Waals surface area contributed by atoms with E-state index in [4.69, 9.17) is 14.6 Å². The molecule has 0 saturated carbocycles. The number of carbonyl (C=O) groups excluding carboxylic acids is 2. The number of ether oxygens (including phenoxy) is 2. The van der Waals surface area contributed by atoms with Gasteiger partial charge in [0.05, 0.1) is 25.3 Å². The number of nitriles is 1. The standard InChI is InChI=1S/C23H27N3O6S/c1-2-31-19-6-4-3-5-15(19)7-8-21(29)25-22-18(11-24)17-9-10-26(12-20(17)33-22)23(30)32-14-16(28)13-27/h3-6,16,27-28H,2,7-10,12-14H2,1H3,(H,25,29). The van der Waals surface area contributed by atoms with E-state index in [1.807, 2.05) is 31.2 Å². The second-order valence-corrected chi connectivity index (χ2v) is 8.60. The highest BCUT2D eigenvalue weighted by Crippen LogP contribution is 2.37. The van der Waals surface area contributed by atoms with Crippen molar-refractivity contribution in [3.63, 3.8) is 0 Å². The number of fused-ring (bicyclic) bond motifs is 1. The Kier molecular flexibility index (Phi) is 8.65. The molecule has 176 valence electrons. The van der Waals surface area contributed by atoms with E-state index in [9.17, 15) is 20.0 Å². The van der Waals surface area contributed by atoms with E-state index in [2.05, 4.69) is 11.4 Å². The van der Waals surface area contributed by atoms with Crippen LogP contribution in [0.5, 0.6) is 5.75 Å². The second kappa shape index (κ2) is 11.7. The fourth-order valence-corrected chi connectivity index (χ4v) is 4.75. The number of aliphatic hydroxyl groups excluding tert-OH is 2. The van der Waals surface area contributed by atoms with Gasteiger partial charge in [-0.3, -0.25) is 4.79 Å². The highest BCUT2D eigenvalue weighted by Gasteiger charge is 2.28. The highest BCUT2D eigenvalue weighted by molar-refractivity contribution is 7.16. The van der Waals surface area contributed by atoms with Gasteiger partial charge in [-0.05, 0) is 37.0 Å². The van der Waals surface area contributed by atoms with Crippen molar-refractivity contribution in [1.82, 2.24) is 4.90 Å². The summed E-state index contributed by atoms with van der Waals surface area (Å²) in [5, 5.41) is 31.2. The predicted molar refractivity (Wildman–Crippen MR) is 122 cm³/mol. The lowest BCUT2D eigenvalue weighted by Gasteiger charge is -2.26. The largest absolute Gasteiger partial charge is 0.494 e. The van der Waals surface area contributed by atoms with E-state index >= 15 is 0 Å². The number of para-hydroxylation sites is 1. The number of benzene rings is 1. The summed E-state index contributed by atoms with van der Waals surface area (Å²) in [6.45, 7) is 2.27. The van der Waals surface area contributed by atoms with Crippen molar-refractivity contribution in [2.24, 2.45) is 0 Å². The van der Waals surface area contributed by atoms with Crippen LogP contribution in [-0.4, -0.2) is 59.6 Å². The third-order valence-electron chi connectivity index (χ3n) is 5.18. The molecule has 0 bridgehead atoms. The number of amides is 2. The average molecular weight is 474 g/mol. The van der Waals surface area contributed by atoms with Crippen molar-refractivity contribution in [1.29, 1.82) is 5.26 Å². The first kappa shape index (κ1) is 24.5. The minimum absolute atomic E-state index is 0.203. The number of rotatable bonds is 9. The van der Waals surface area contributed by atoms with E-state index in [1.165, 1.54) is 16.2 Å². The first-order valence-electron chi connectivity index (χ1n) is 10.7. The topological polar surface area (TPSA) is 132 Å². The van der Waals surface area contributed by atoms with Crippen molar-refractivity contribution in [3.8, 4) is 11.8 Å². The minimum atomic E-state index is -1.12. The van der Waals surface area contributed by atoms with Gasteiger partial charge in [0.15, 0.2) is 0 Å². The minimum Gasteiger partial charge on any atom is -0.494 e. The molecule has 10 heteroatoms. The molecule has 3 N–H and O–H groups in total. The van der Waals surface area contributed by atoms with Crippen LogP contribution in [0, 0.1) is 11.3 Å². The summed E-state index contributed by atoms with van der Waals surface area (Å²) in [6.07, 6.45) is -0.510. The first-order valence-corrected chi connectivity index (χ1v) is 11.5. The van der Waals surface area contributed by atoms with Crippen LogP contribution in [0.25, 0.3) is 0 Å². The number of hydrogen-bond donors (Lipinski definition) is 3. The Morgan fingerprint density at radius 2 is 2.15 bits per heavy atom. The van der Waals surface area contributed by atoms with Gasteiger partial charge >= 0.3 is 6.09 Å². The lowest BCUT2D eigenvalue weighted by atomic mass is 10.0. The number of carbonyl (C=O) groups is 2. The van der Waals surface area contributed by atoms with Gasteiger partial charge in [0.25, 0.3) is 0 Å². The third kappa shape index (κ3) is 6.22. The molecular weight excluding hydrogens is 446 g/mol. The van der Waals surface area contributed by atoms with Gasteiger partial charge in [0.1, 0.15) is 29.5 Å². The molecule has 33 heavy (non-hydrogen) atoms. The Labute approximate surface area is 196 Å². The molecule has 0 radical (unpaired) electrons. The smallest absolute Gasteiger partial charge is 0.410 e. The molecule has 0 aliphatic carbocycles. The molecular formula is C23H27N3O6S. The van der Waals surface area contributed by atoms with E-state index < -0.39 is 18.8 Å². The lowest BCUT2D eigenvalue weighted by molar-refractivity contribution is -0.116. The average Bonchev–Trinajstić information content (AvgIpc) is 3.17. The number of hydrogen-bond acceptors (Lipinski definition) is 8. The van der Waals surface area contributed by atoms with Crippen LogP contribution in [0.2, 0.25) is 0 Å². The van der Waals surface area contributed by atoms with Crippen LogP contribution in [0.4, 0.5) is 9.80 Å². The van der Waals surface area contributed by atoms with Crippen LogP contribution >= 0.6 is 11.3 Å². The number of nitrogens with one attached hydrogen (secondary N) is 1. The van der Waals surface area contributed by atoms with Crippen LogP contribution < -0.4 is 10.1 Å². The Hall–Kier alpha value is -3.13. The Morgan fingerprint density at radius 3 is 2.88 bits per heavy atom. The van der Waals surface area contributed by atoms with E-state index in [0.29, 0.717) is 36.6 Å².